The maximum atomic E-state index is 12.1. The SMILES string of the molecule is Cn1cc(C(=O)NC(C)(C#N)COc2ccccc2)c(=O)[nH]1. The zero-order valence-electron chi connectivity index (χ0n) is 12.3. The highest BCUT2D eigenvalue weighted by atomic mass is 16.5. The minimum atomic E-state index is -1.25. The van der Waals surface area contributed by atoms with Crippen molar-refractivity contribution in [2.75, 3.05) is 6.61 Å². The van der Waals surface area contributed by atoms with Crippen LogP contribution in [0, 0.1) is 11.3 Å². The molecule has 0 aliphatic carbocycles. The molecule has 7 heteroatoms. The lowest BCUT2D eigenvalue weighted by molar-refractivity contribution is 0.0900. The van der Waals surface area contributed by atoms with Crippen molar-refractivity contribution in [1.29, 1.82) is 5.26 Å². The van der Waals surface area contributed by atoms with E-state index >= 15 is 0 Å². The van der Waals surface area contributed by atoms with E-state index in [4.69, 9.17) is 4.74 Å². The van der Waals surface area contributed by atoms with Crippen LogP contribution >= 0.6 is 0 Å². The van der Waals surface area contributed by atoms with Crippen molar-refractivity contribution in [2.24, 2.45) is 7.05 Å². The van der Waals surface area contributed by atoms with Gasteiger partial charge in [-0.05, 0) is 19.1 Å². The Labute approximate surface area is 127 Å². The van der Waals surface area contributed by atoms with Gasteiger partial charge in [0.05, 0.1) is 6.07 Å². The van der Waals surface area contributed by atoms with E-state index in [0.717, 1.165) is 0 Å². The monoisotopic (exact) mass is 300 g/mol. The third-order valence-corrected chi connectivity index (χ3v) is 3.00. The predicted molar refractivity (Wildman–Crippen MR) is 79.5 cm³/mol. The van der Waals surface area contributed by atoms with Crippen molar-refractivity contribution >= 4 is 5.91 Å². The van der Waals surface area contributed by atoms with Crippen LogP contribution in [0.2, 0.25) is 0 Å². The first-order valence-electron chi connectivity index (χ1n) is 6.61. The zero-order chi connectivity index (χ0) is 16.2. The Balaban J connectivity index is 2.07. The number of ether oxygens (including phenoxy) is 1. The van der Waals surface area contributed by atoms with E-state index in [-0.39, 0.29) is 12.2 Å². The molecule has 2 N–H and O–H groups in total. The van der Waals surface area contributed by atoms with Crippen molar-refractivity contribution < 1.29 is 9.53 Å². The lowest BCUT2D eigenvalue weighted by atomic mass is 10.1. The number of para-hydroxylation sites is 1. The first-order chi connectivity index (χ1) is 10.4. The highest BCUT2D eigenvalue weighted by Gasteiger charge is 2.29. The Morgan fingerprint density at radius 1 is 1.45 bits per heavy atom. The van der Waals surface area contributed by atoms with E-state index in [9.17, 15) is 14.9 Å². The molecule has 2 rings (SSSR count). The van der Waals surface area contributed by atoms with Gasteiger partial charge in [0.15, 0.2) is 5.54 Å². The summed E-state index contributed by atoms with van der Waals surface area (Å²) in [5.74, 6) is -0.0293. The van der Waals surface area contributed by atoms with E-state index in [0.29, 0.717) is 5.75 Å². The molecule has 1 aromatic heterocycles. The fourth-order valence-electron chi connectivity index (χ4n) is 1.83. The second kappa shape index (κ2) is 6.18. The third kappa shape index (κ3) is 3.55. The van der Waals surface area contributed by atoms with E-state index in [2.05, 4.69) is 10.4 Å². The van der Waals surface area contributed by atoms with Gasteiger partial charge in [0.25, 0.3) is 11.5 Å². The van der Waals surface area contributed by atoms with Crippen LogP contribution in [0.5, 0.6) is 5.75 Å². The van der Waals surface area contributed by atoms with Gasteiger partial charge in [-0.2, -0.15) is 5.26 Å². The van der Waals surface area contributed by atoms with Gasteiger partial charge in [-0.3, -0.25) is 19.4 Å². The summed E-state index contributed by atoms with van der Waals surface area (Å²) in [6.45, 7) is 1.50. The Morgan fingerprint density at radius 2 is 2.14 bits per heavy atom. The summed E-state index contributed by atoms with van der Waals surface area (Å²) in [6.07, 6.45) is 1.37. The van der Waals surface area contributed by atoms with E-state index in [1.807, 2.05) is 12.1 Å². The largest absolute Gasteiger partial charge is 0.490 e. The number of H-pyrrole nitrogens is 1. The van der Waals surface area contributed by atoms with Gasteiger partial charge in [-0.1, -0.05) is 18.2 Å². The minimum absolute atomic E-state index is 0.0377. The van der Waals surface area contributed by atoms with Crippen LogP contribution < -0.4 is 15.6 Å². The number of hydrogen-bond acceptors (Lipinski definition) is 4. The van der Waals surface area contributed by atoms with E-state index < -0.39 is 17.0 Å². The maximum absolute atomic E-state index is 12.1. The second-order valence-corrected chi connectivity index (χ2v) is 5.09. The molecule has 2 aromatic rings. The van der Waals surface area contributed by atoms with Crippen LogP contribution in [0.1, 0.15) is 17.3 Å². The van der Waals surface area contributed by atoms with Crippen molar-refractivity contribution in [3.63, 3.8) is 0 Å². The van der Waals surface area contributed by atoms with Gasteiger partial charge in [0.2, 0.25) is 0 Å². The van der Waals surface area contributed by atoms with Gasteiger partial charge in [0.1, 0.15) is 17.9 Å². The molecule has 0 fully saturated rings. The lowest BCUT2D eigenvalue weighted by Gasteiger charge is -2.23. The number of carbonyl (C=O) groups excluding carboxylic acids is 1. The molecule has 0 spiro atoms. The van der Waals surface area contributed by atoms with Gasteiger partial charge < -0.3 is 10.1 Å². The fraction of sp³-hybridized carbons (Fsp3) is 0.267. The number of benzene rings is 1. The van der Waals surface area contributed by atoms with Crippen molar-refractivity contribution in [3.8, 4) is 11.8 Å². The van der Waals surface area contributed by atoms with E-state index in [1.54, 1.807) is 31.3 Å². The Hall–Kier alpha value is -3.01. The summed E-state index contributed by atoms with van der Waals surface area (Å²) < 4.78 is 6.88. The third-order valence-electron chi connectivity index (χ3n) is 3.00. The first kappa shape index (κ1) is 15.4. The number of nitrogens with one attached hydrogen (secondary N) is 2. The second-order valence-electron chi connectivity index (χ2n) is 5.09. The molecule has 0 radical (unpaired) electrons. The molecular formula is C15H16N4O3. The molecule has 1 amide bonds. The van der Waals surface area contributed by atoms with Crippen LogP contribution in [-0.2, 0) is 7.05 Å². The molecular weight excluding hydrogens is 284 g/mol. The molecule has 7 nitrogen and oxygen atoms in total. The molecule has 0 saturated heterocycles. The Kier molecular flexibility index (Phi) is 4.32. The standard InChI is InChI=1S/C15H16N4O3/c1-15(9-16,10-22-11-6-4-3-5-7-11)17-13(20)12-8-19(2)18-14(12)21/h3-8H,10H2,1-2H3,(H,17,20)(H,18,21). The topological polar surface area (TPSA) is 99.9 Å². The van der Waals surface area contributed by atoms with Crippen LogP contribution in [0.25, 0.3) is 0 Å². The summed E-state index contributed by atoms with van der Waals surface area (Å²) in [4.78, 5) is 23.7. The molecule has 1 unspecified atom stereocenters. The molecule has 0 saturated carbocycles. The minimum Gasteiger partial charge on any atom is -0.490 e. The molecule has 1 atom stereocenters. The van der Waals surface area contributed by atoms with Gasteiger partial charge in [0, 0.05) is 13.2 Å². The number of aromatic amines is 1. The molecule has 1 heterocycles. The smallest absolute Gasteiger partial charge is 0.276 e. The number of carbonyl (C=O) groups is 1. The quantitative estimate of drug-likeness (QED) is 0.853. The number of amides is 1. The number of aromatic nitrogens is 2. The summed E-state index contributed by atoms with van der Waals surface area (Å²) in [6, 6.07) is 11.0. The number of rotatable bonds is 5. The molecule has 0 bridgehead atoms. The number of nitrogens with zero attached hydrogens (tertiary/aromatic N) is 2. The van der Waals surface area contributed by atoms with Crippen molar-refractivity contribution in [2.45, 2.75) is 12.5 Å². The number of aryl methyl sites for hydroxylation is 1. The van der Waals surface area contributed by atoms with E-state index in [1.165, 1.54) is 17.8 Å². The van der Waals surface area contributed by atoms with Gasteiger partial charge in [-0.15, -0.1) is 0 Å². The van der Waals surface area contributed by atoms with Crippen LogP contribution in [0.3, 0.4) is 0 Å². The molecule has 0 aliphatic heterocycles. The normalized spacial score (nSPS) is 13.0. The first-order valence-corrected chi connectivity index (χ1v) is 6.61. The predicted octanol–water partition coefficient (Wildman–Crippen LogP) is 0.804. The summed E-state index contributed by atoms with van der Waals surface area (Å²) in [7, 11) is 1.60. The van der Waals surface area contributed by atoms with Crippen LogP contribution in [0.15, 0.2) is 41.3 Å². The van der Waals surface area contributed by atoms with Gasteiger partial charge >= 0.3 is 0 Å². The summed E-state index contributed by atoms with van der Waals surface area (Å²) in [5.41, 5.74) is -1.82. The Morgan fingerprint density at radius 3 is 2.68 bits per heavy atom. The highest BCUT2D eigenvalue weighted by Crippen LogP contribution is 2.12. The molecule has 0 aliphatic rings. The number of hydrogen-bond donors (Lipinski definition) is 2. The molecule has 114 valence electrons. The fourth-order valence-corrected chi connectivity index (χ4v) is 1.83. The Bertz CT molecular complexity index is 757. The lowest BCUT2D eigenvalue weighted by Crippen LogP contribution is -2.50. The molecule has 22 heavy (non-hydrogen) atoms. The average Bonchev–Trinajstić information content (AvgIpc) is 2.85. The summed E-state index contributed by atoms with van der Waals surface area (Å²) >= 11 is 0. The molecule has 1 aromatic carbocycles. The van der Waals surface area contributed by atoms with Crippen molar-refractivity contribution in [3.05, 3.63) is 52.4 Å². The highest BCUT2D eigenvalue weighted by molar-refractivity contribution is 5.94. The van der Waals surface area contributed by atoms with Crippen LogP contribution in [-0.4, -0.2) is 27.8 Å². The summed E-state index contributed by atoms with van der Waals surface area (Å²) in [5, 5.41) is 14.3. The average molecular weight is 300 g/mol. The van der Waals surface area contributed by atoms with Gasteiger partial charge in [-0.25, -0.2) is 0 Å². The zero-order valence-corrected chi connectivity index (χ0v) is 12.3. The maximum Gasteiger partial charge on any atom is 0.276 e. The van der Waals surface area contributed by atoms with Crippen molar-refractivity contribution in [1.82, 2.24) is 15.1 Å². The number of nitriles is 1. The van der Waals surface area contributed by atoms with Crippen LogP contribution in [0.4, 0.5) is 0 Å².